The van der Waals surface area contributed by atoms with Gasteiger partial charge in [0, 0.05) is 30.7 Å². The highest BCUT2D eigenvalue weighted by Gasteiger charge is 2.38. The topological polar surface area (TPSA) is 77.8 Å². The molecule has 7 nitrogen and oxygen atoms in total. The van der Waals surface area contributed by atoms with Crippen LogP contribution in [-0.2, 0) is 20.1 Å². The molecule has 0 radical (unpaired) electrons. The summed E-state index contributed by atoms with van der Waals surface area (Å²) < 4.78 is 56.7. The number of aromatic nitrogens is 2. The van der Waals surface area contributed by atoms with Crippen molar-refractivity contribution in [3.63, 3.8) is 0 Å². The van der Waals surface area contributed by atoms with Gasteiger partial charge in [-0.2, -0.15) is 13.2 Å². The molecule has 3 heterocycles. The first kappa shape index (κ1) is 27.5. The minimum Gasteiger partial charge on any atom is -0.493 e. The Balaban J connectivity index is 1.37. The second-order valence-corrected chi connectivity index (χ2v) is 9.62. The van der Waals surface area contributed by atoms with Gasteiger partial charge in [-0.25, -0.2) is 4.98 Å². The maximum absolute atomic E-state index is 12.7. The Kier molecular flexibility index (Phi) is 7.99. The van der Waals surface area contributed by atoms with Crippen LogP contribution in [0.25, 0.3) is 17.1 Å². The van der Waals surface area contributed by atoms with Crippen molar-refractivity contribution in [3.05, 3.63) is 89.3 Å². The molecule has 0 spiro atoms. The Labute approximate surface area is 229 Å². The van der Waals surface area contributed by atoms with Gasteiger partial charge in [0.25, 0.3) is 0 Å². The molecule has 0 aliphatic carbocycles. The zero-order chi connectivity index (χ0) is 28.3. The molecule has 2 aromatic heterocycles. The van der Waals surface area contributed by atoms with Gasteiger partial charge in [0.15, 0.2) is 17.6 Å². The third-order valence-electron chi connectivity index (χ3n) is 6.83. The number of methoxy groups -OCH3 is 1. The van der Waals surface area contributed by atoms with Crippen molar-refractivity contribution < 1.29 is 32.5 Å². The van der Waals surface area contributed by atoms with Crippen LogP contribution in [0.3, 0.4) is 0 Å². The summed E-state index contributed by atoms with van der Waals surface area (Å²) in [5, 5.41) is 13.5. The van der Waals surface area contributed by atoms with Crippen LogP contribution < -0.4 is 19.5 Å². The van der Waals surface area contributed by atoms with Gasteiger partial charge in [-0.05, 0) is 41.3 Å². The molecule has 40 heavy (non-hydrogen) atoms. The lowest BCUT2D eigenvalue weighted by molar-refractivity contribution is -0.210. The standard InChI is InChI=1S/C30H30F3N3O4/c1-36-16-21(24-13-22(15-35-29(24)36)39-18-28(37)30(31,32)33)8-9-25-23-14-26(38-2)27(12-20(23)10-11-34-25)40-17-19-6-4-3-5-7-19/h3-9,12-16,25,28,34,37H,10-11,17-18H2,1-2H3/b9-8+. The highest BCUT2D eigenvalue weighted by atomic mass is 19.4. The van der Waals surface area contributed by atoms with E-state index in [1.54, 1.807) is 13.2 Å². The number of benzene rings is 2. The van der Waals surface area contributed by atoms with Crippen LogP contribution in [0, 0.1) is 0 Å². The third-order valence-corrected chi connectivity index (χ3v) is 6.83. The summed E-state index contributed by atoms with van der Waals surface area (Å²) >= 11 is 0. The number of rotatable bonds is 9. The van der Waals surface area contributed by atoms with Crippen molar-refractivity contribution in [3.8, 4) is 17.2 Å². The number of alkyl halides is 3. The first-order valence-electron chi connectivity index (χ1n) is 12.8. The van der Waals surface area contributed by atoms with Crippen LogP contribution in [0.15, 0.2) is 67.0 Å². The van der Waals surface area contributed by atoms with E-state index in [1.807, 2.05) is 72.4 Å². The van der Waals surface area contributed by atoms with Crippen LogP contribution in [0.1, 0.15) is 28.3 Å². The lowest BCUT2D eigenvalue weighted by Gasteiger charge is -2.26. The average Bonchev–Trinajstić information content (AvgIpc) is 3.27. The number of aryl methyl sites for hydroxylation is 1. The summed E-state index contributed by atoms with van der Waals surface area (Å²) in [5.74, 6) is 1.48. The molecular weight excluding hydrogens is 523 g/mol. The van der Waals surface area contributed by atoms with Gasteiger partial charge < -0.3 is 29.2 Å². The molecule has 1 aliphatic heterocycles. The second-order valence-electron chi connectivity index (χ2n) is 9.62. The molecule has 0 amide bonds. The van der Waals surface area contributed by atoms with E-state index in [2.05, 4.69) is 10.3 Å². The number of ether oxygens (including phenoxy) is 3. The number of hydrogen-bond acceptors (Lipinski definition) is 6. The maximum Gasteiger partial charge on any atom is 0.417 e. The number of aliphatic hydroxyl groups excluding tert-OH is 1. The number of pyridine rings is 1. The van der Waals surface area contributed by atoms with E-state index in [4.69, 9.17) is 14.2 Å². The molecule has 5 rings (SSSR count). The smallest absolute Gasteiger partial charge is 0.417 e. The normalized spacial score (nSPS) is 16.2. The molecular formula is C30H30F3N3O4. The summed E-state index contributed by atoms with van der Waals surface area (Å²) in [6.07, 6.45) is 0.758. The monoisotopic (exact) mass is 553 g/mol. The molecule has 210 valence electrons. The van der Waals surface area contributed by atoms with Crippen molar-refractivity contribution in [2.24, 2.45) is 7.05 Å². The first-order chi connectivity index (χ1) is 19.2. The van der Waals surface area contributed by atoms with Gasteiger partial charge in [-0.15, -0.1) is 0 Å². The Hall–Kier alpha value is -4.02. The van der Waals surface area contributed by atoms with Gasteiger partial charge in [-0.3, -0.25) is 0 Å². The number of nitrogens with zero attached hydrogens (tertiary/aromatic N) is 2. The fraction of sp³-hybridized carbons (Fsp3) is 0.300. The highest BCUT2D eigenvalue weighted by Crippen LogP contribution is 2.37. The molecule has 0 saturated carbocycles. The number of aliphatic hydroxyl groups is 1. The largest absolute Gasteiger partial charge is 0.493 e. The van der Waals surface area contributed by atoms with Crippen molar-refractivity contribution in [2.75, 3.05) is 20.3 Å². The Morgan fingerprint density at radius 3 is 2.70 bits per heavy atom. The predicted octanol–water partition coefficient (Wildman–Crippen LogP) is 5.36. The lowest BCUT2D eigenvalue weighted by Crippen LogP contribution is -2.34. The average molecular weight is 554 g/mol. The van der Waals surface area contributed by atoms with Crippen LogP contribution >= 0.6 is 0 Å². The summed E-state index contributed by atoms with van der Waals surface area (Å²) in [4.78, 5) is 4.34. The number of halogens is 3. The molecule has 0 bridgehead atoms. The van der Waals surface area contributed by atoms with Gasteiger partial charge in [0.05, 0.1) is 19.3 Å². The molecule has 0 saturated heterocycles. The maximum atomic E-state index is 12.7. The highest BCUT2D eigenvalue weighted by molar-refractivity contribution is 5.88. The minimum atomic E-state index is -4.75. The first-order valence-corrected chi connectivity index (χ1v) is 12.8. The Bertz CT molecular complexity index is 1500. The van der Waals surface area contributed by atoms with E-state index < -0.39 is 18.9 Å². The van der Waals surface area contributed by atoms with Crippen LogP contribution in [0.4, 0.5) is 13.2 Å². The second kappa shape index (κ2) is 11.6. The zero-order valence-corrected chi connectivity index (χ0v) is 22.1. The van der Waals surface area contributed by atoms with Gasteiger partial charge >= 0.3 is 6.18 Å². The predicted molar refractivity (Wildman–Crippen MR) is 146 cm³/mol. The fourth-order valence-corrected chi connectivity index (χ4v) is 4.73. The van der Waals surface area contributed by atoms with Crippen molar-refractivity contribution in [1.82, 2.24) is 14.9 Å². The summed E-state index contributed by atoms with van der Waals surface area (Å²) in [6.45, 7) is 0.312. The van der Waals surface area contributed by atoms with E-state index in [0.717, 1.165) is 40.6 Å². The van der Waals surface area contributed by atoms with E-state index in [-0.39, 0.29) is 11.8 Å². The van der Waals surface area contributed by atoms with E-state index in [9.17, 15) is 18.3 Å². The Morgan fingerprint density at radius 1 is 1.15 bits per heavy atom. The summed E-state index contributed by atoms with van der Waals surface area (Å²) in [6, 6.07) is 15.5. The molecule has 2 unspecified atom stereocenters. The molecule has 4 aromatic rings. The number of nitrogens with one attached hydrogen (secondary N) is 1. The zero-order valence-electron chi connectivity index (χ0n) is 22.1. The third kappa shape index (κ3) is 6.08. The van der Waals surface area contributed by atoms with Crippen LogP contribution in [0.5, 0.6) is 17.2 Å². The van der Waals surface area contributed by atoms with Gasteiger partial charge in [0.1, 0.15) is 24.6 Å². The minimum absolute atomic E-state index is 0.0922. The van der Waals surface area contributed by atoms with Gasteiger partial charge in [-0.1, -0.05) is 42.5 Å². The van der Waals surface area contributed by atoms with Crippen LogP contribution in [0.2, 0.25) is 0 Å². The molecule has 1 aliphatic rings. The fourth-order valence-electron chi connectivity index (χ4n) is 4.73. The lowest BCUT2D eigenvalue weighted by atomic mass is 9.93. The van der Waals surface area contributed by atoms with E-state index in [0.29, 0.717) is 23.8 Å². The summed E-state index contributed by atoms with van der Waals surface area (Å²) in [7, 11) is 3.46. The quantitative estimate of drug-likeness (QED) is 0.291. The van der Waals surface area contributed by atoms with E-state index >= 15 is 0 Å². The number of fused-ring (bicyclic) bond motifs is 2. The summed E-state index contributed by atoms with van der Waals surface area (Å²) in [5.41, 5.74) is 4.79. The van der Waals surface area contributed by atoms with E-state index in [1.165, 1.54) is 6.20 Å². The van der Waals surface area contributed by atoms with Crippen molar-refractivity contribution in [1.29, 1.82) is 0 Å². The SMILES string of the molecule is COc1cc2c(cc1OCc1ccccc1)CCNC2/C=C/c1cn(C)c2ncc(OCC(O)C(F)(F)F)cc12. The molecule has 2 N–H and O–H groups in total. The van der Waals surface area contributed by atoms with Crippen molar-refractivity contribution in [2.45, 2.75) is 31.3 Å². The van der Waals surface area contributed by atoms with Gasteiger partial charge in [0.2, 0.25) is 0 Å². The molecule has 10 heteroatoms. The molecule has 0 fully saturated rings. The van der Waals surface area contributed by atoms with Crippen molar-refractivity contribution >= 4 is 17.1 Å². The molecule has 2 aromatic carbocycles. The Morgan fingerprint density at radius 2 is 1.95 bits per heavy atom. The van der Waals surface area contributed by atoms with Crippen LogP contribution in [-0.4, -0.2) is 47.2 Å². The number of hydrogen-bond donors (Lipinski definition) is 2. The molecule has 2 atom stereocenters.